The number of hydrogen-bond acceptors (Lipinski definition) is 3. The van der Waals surface area contributed by atoms with E-state index in [2.05, 4.69) is 0 Å². The van der Waals surface area contributed by atoms with Gasteiger partial charge in [-0.1, -0.05) is 24.3 Å². The normalized spacial score (nSPS) is 32.3. The van der Waals surface area contributed by atoms with Crippen molar-refractivity contribution in [2.24, 2.45) is 0 Å². The fraction of sp³-hybridized carbons (Fsp3) is 0.0909. The van der Waals surface area contributed by atoms with Gasteiger partial charge in [0.1, 0.15) is 12.2 Å². The van der Waals surface area contributed by atoms with Crippen molar-refractivity contribution in [1.82, 2.24) is 0 Å². The van der Waals surface area contributed by atoms with E-state index in [-0.39, 0.29) is 12.2 Å². The number of carbonyl (C=O) groups is 2. The van der Waals surface area contributed by atoms with E-state index in [1.165, 1.54) is 0 Å². The average Bonchev–Trinajstić information content (AvgIpc) is 2.07. The summed E-state index contributed by atoms with van der Waals surface area (Å²) < 4.78 is 4.94. The molecular weight excluding hydrogens is 180 g/mol. The van der Waals surface area contributed by atoms with E-state index in [4.69, 9.17) is 4.74 Å². The van der Waals surface area contributed by atoms with Crippen LogP contribution in [0.3, 0.4) is 0 Å². The van der Waals surface area contributed by atoms with E-state index in [1.54, 1.807) is 30.4 Å². The maximum absolute atomic E-state index is 11.4. The number of Topliss-reactive ketones (excluding diaryl/α,β-unsaturated/α-hetero) is 1. The molecule has 0 amide bonds. The first-order valence-electron chi connectivity index (χ1n) is 4.27. The molecule has 1 saturated heterocycles. The van der Waals surface area contributed by atoms with Crippen LogP contribution >= 0.6 is 0 Å². The van der Waals surface area contributed by atoms with Gasteiger partial charge in [-0.25, -0.2) is 0 Å². The molecule has 0 N–H and O–H groups in total. The summed E-state index contributed by atoms with van der Waals surface area (Å²) >= 11 is 0. The third-order valence-corrected chi connectivity index (χ3v) is 1.94. The van der Waals surface area contributed by atoms with Crippen LogP contribution in [0.25, 0.3) is 0 Å². The van der Waals surface area contributed by atoms with E-state index in [1.807, 2.05) is 6.08 Å². The molecule has 14 heavy (non-hydrogen) atoms. The van der Waals surface area contributed by atoms with Crippen LogP contribution in [0, 0.1) is 0 Å². The number of fused-ring (bicyclic) bond motifs is 1. The molecule has 0 saturated carbocycles. The van der Waals surface area contributed by atoms with Gasteiger partial charge in [-0.05, 0) is 12.2 Å². The molecule has 0 unspecified atom stereocenters. The molecule has 0 aromatic heterocycles. The van der Waals surface area contributed by atoms with Crippen LogP contribution in [0.15, 0.2) is 47.8 Å². The summed E-state index contributed by atoms with van der Waals surface area (Å²) in [5.41, 5.74) is 0.463. The molecule has 1 aliphatic carbocycles. The summed E-state index contributed by atoms with van der Waals surface area (Å²) in [5, 5.41) is 0. The van der Waals surface area contributed by atoms with E-state index < -0.39 is 5.97 Å². The van der Waals surface area contributed by atoms with Crippen molar-refractivity contribution in [3.8, 4) is 0 Å². The maximum Gasteiger partial charge on any atom is 0.319 e. The lowest BCUT2D eigenvalue weighted by atomic mass is 10.0. The van der Waals surface area contributed by atoms with Gasteiger partial charge in [0.25, 0.3) is 0 Å². The van der Waals surface area contributed by atoms with E-state index in [0.29, 0.717) is 11.3 Å². The van der Waals surface area contributed by atoms with Crippen molar-refractivity contribution in [3.63, 3.8) is 0 Å². The Morgan fingerprint density at radius 3 is 2.50 bits per heavy atom. The fourth-order valence-corrected chi connectivity index (χ4v) is 1.30. The Morgan fingerprint density at radius 2 is 1.71 bits per heavy atom. The summed E-state index contributed by atoms with van der Waals surface area (Å²) in [4.78, 5) is 22.4. The molecule has 0 aromatic carbocycles. The second-order valence-electron chi connectivity index (χ2n) is 2.96. The van der Waals surface area contributed by atoms with E-state index in [0.717, 1.165) is 0 Å². The smallest absolute Gasteiger partial charge is 0.319 e. The molecule has 2 aliphatic rings. The monoisotopic (exact) mass is 188 g/mol. The van der Waals surface area contributed by atoms with Crippen molar-refractivity contribution >= 4 is 11.8 Å². The molecule has 70 valence electrons. The van der Waals surface area contributed by atoms with E-state index >= 15 is 0 Å². The zero-order chi connectivity index (χ0) is 9.97. The first kappa shape index (κ1) is 8.69. The number of allylic oxidation sites excluding steroid dienone is 7. The lowest BCUT2D eigenvalue weighted by Crippen LogP contribution is -2.22. The lowest BCUT2D eigenvalue weighted by Gasteiger charge is -2.16. The first-order chi connectivity index (χ1) is 6.77. The second-order valence-corrected chi connectivity index (χ2v) is 2.96. The van der Waals surface area contributed by atoms with Crippen LogP contribution in [0.1, 0.15) is 6.42 Å². The highest BCUT2D eigenvalue weighted by atomic mass is 16.5. The fourth-order valence-electron chi connectivity index (χ4n) is 1.30. The molecule has 1 aliphatic heterocycles. The highest BCUT2D eigenvalue weighted by molar-refractivity contribution is 6.11. The predicted molar refractivity (Wildman–Crippen MR) is 50.2 cm³/mol. The van der Waals surface area contributed by atoms with Crippen LogP contribution in [-0.4, -0.2) is 11.8 Å². The van der Waals surface area contributed by atoms with Gasteiger partial charge in [-0.3, -0.25) is 9.59 Å². The molecule has 3 nitrogen and oxygen atoms in total. The van der Waals surface area contributed by atoms with Gasteiger partial charge in [-0.2, -0.15) is 0 Å². The molecule has 2 rings (SSSR count). The number of carbonyl (C=O) groups excluding carboxylic acids is 2. The minimum absolute atomic E-state index is 0.166. The molecule has 1 fully saturated rings. The zero-order valence-corrected chi connectivity index (χ0v) is 7.40. The molecule has 0 aromatic rings. The topological polar surface area (TPSA) is 43.4 Å². The summed E-state index contributed by atoms with van der Waals surface area (Å²) in [6, 6.07) is 0. The van der Waals surface area contributed by atoms with E-state index in [9.17, 15) is 9.59 Å². The Hall–Kier alpha value is -1.90. The Bertz CT molecular complexity index is 408. The zero-order valence-electron chi connectivity index (χ0n) is 7.40. The van der Waals surface area contributed by atoms with Gasteiger partial charge < -0.3 is 4.74 Å². The highest BCUT2D eigenvalue weighted by Gasteiger charge is 2.26. The number of hydrogen-bond donors (Lipinski definition) is 0. The van der Waals surface area contributed by atoms with Gasteiger partial charge in [0.05, 0.1) is 5.57 Å². The Balaban J connectivity index is 2.42. The van der Waals surface area contributed by atoms with Crippen LogP contribution < -0.4 is 0 Å². The Morgan fingerprint density at radius 1 is 1.00 bits per heavy atom. The van der Waals surface area contributed by atoms with Crippen molar-refractivity contribution in [3.05, 3.63) is 47.8 Å². The third kappa shape index (κ3) is 1.57. The highest BCUT2D eigenvalue weighted by Crippen LogP contribution is 2.22. The molecule has 0 bridgehead atoms. The lowest BCUT2D eigenvalue weighted by molar-refractivity contribution is -0.143. The number of rotatable bonds is 0. The summed E-state index contributed by atoms with van der Waals surface area (Å²) in [6.07, 6.45) is 10.2. The molecular formula is C11H8O3. The van der Waals surface area contributed by atoms with Crippen LogP contribution in [-0.2, 0) is 14.3 Å². The number of esters is 1. The molecule has 1 heterocycles. The van der Waals surface area contributed by atoms with Crippen molar-refractivity contribution < 1.29 is 14.3 Å². The maximum atomic E-state index is 11.4. The van der Waals surface area contributed by atoms with Crippen LogP contribution in [0.5, 0.6) is 0 Å². The summed E-state index contributed by atoms with van der Waals surface area (Å²) in [7, 11) is 0. The van der Waals surface area contributed by atoms with Crippen molar-refractivity contribution in [2.45, 2.75) is 6.42 Å². The van der Waals surface area contributed by atoms with Crippen molar-refractivity contribution in [1.29, 1.82) is 0 Å². The van der Waals surface area contributed by atoms with Gasteiger partial charge in [0.15, 0.2) is 5.78 Å². The summed E-state index contributed by atoms with van der Waals surface area (Å²) in [6.45, 7) is 0. The average molecular weight is 188 g/mol. The molecule has 0 atom stereocenters. The first-order valence-corrected chi connectivity index (χ1v) is 4.27. The predicted octanol–water partition coefficient (Wildman–Crippen LogP) is 1.44. The molecule has 0 radical (unpaired) electrons. The van der Waals surface area contributed by atoms with Gasteiger partial charge in [0.2, 0.25) is 0 Å². The minimum atomic E-state index is -0.489. The SMILES string of the molecule is O=C1CC(=O)C2=C/C=C\C=C/C=C\2O1. The standard InChI is InChI=1S/C11H8O3/c12-9-7-11(13)14-10-6-4-2-1-3-5-8(9)10/h1-6H,7H2/b2-1?,3-1-,4-2-,5-3?,6-4?,8-5-,10-6+. The van der Waals surface area contributed by atoms with Crippen LogP contribution in [0.2, 0.25) is 0 Å². The van der Waals surface area contributed by atoms with Crippen LogP contribution in [0.4, 0.5) is 0 Å². The van der Waals surface area contributed by atoms with Gasteiger partial charge in [0, 0.05) is 0 Å². The molecule has 0 spiro atoms. The van der Waals surface area contributed by atoms with Gasteiger partial charge in [-0.15, -0.1) is 0 Å². The number of ketones is 1. The number of ether oxygens (including phenoxy) is 1. The largest absolute Gasteiger partial charge is 0.425 e. The second kappa shape index (κ2) is 3.46. The quantitative estimate of drug-likeness (QED) is 0.426. The summed E-state index contributed by atoms with van der Waals surface area (Å²) in [5.74, 6) is -0.337. The Kier molecular flexibility index (Phi) is 2.14. The Labute approximate surface area is 81.1 Å². The third-order valence-electron chi connectivity index (χ3n) is 1.94. The van der Waals surface area contributed by atoms with Gasteiger partial charge >= 0.3 is 5.97 Å². The van der Waals surface area contributed by atoms with Crippen molar-refractivity contribution in [2.75, 3.05) is 0 Å². The molecule has 3 heteroatoms. The minimum Gasteiger partial charge on any atom is -0.425 e.